The summed E-state index contributed by atoms with van der Waals surface area (Å²) in [5.74, 6) is 0. The van der Waals surface area contributed by atoms with Crippen molar-refractivity contribution in [2.45, 2.75) is 13.0 Å². The van der Waals surface area contributed by atoms with Crippen LogP contribution in [0, 0.1) is 0 Å². The van der Waals surface area contributed by atoms with Crippen molar-refractivity contribution >= 4 is 38.8 Å². The van der Waals surface area contributed by atoms with Gasteiger partial charge in [-0.2, -0.15) is 5.10 Å². The van der Waals surface area contributed by atoms with Crippen LogP contribution in [0.5, 0.6) is 0 Å². The Morgan fingerprint density at radius 1 is 1.47 bits per heavy atom. The minimum atomic E-state index is 0.400. The monoisotopic (exact) mass is 338 g/mol. The largest absolute Gasteiger partial charge is 0.389 e. The van der Waals surface area contributed by atoms with Crippen LogP contribution in [0.4, 0.5) is 5.69 Å². The van der Waals surface area contributed by atoms with Gasteiger partial charge < -0.3 is 11.1 Å². The van der Waals surface area contributed by atoms with Crippen molar-refractivity contribution in [2.75, 3.05) is 11.9 Å². The molecule has 1 aromatic heterocycles. The van der Waals surface area contributed by atoms with Gasteiger partial charge in [0.2, 0.25) is 0 Å². The van der Waals surface area contributed by atoms with Crippen molar-refractivity contribution in [3.8, 4) is 0 Å². The molecule has 1 aromatic carbocycles. The normalized spacial score (nSPS) is 10.4. The van der Waals surface area contributed by atoms with E-state index in [4.69, 9.17) is 18.0 Å². The Morgan fingerprint density at radius 3 is 2.95 bits per heavy atom. The summed E-state index contributed by atoms with van der Waals surface area (Å²) in [4.78, 5) is 0.400. The van der Waals surface area contributed by atoms with E-state index in [1.54, 1.807) is 6.20 Å². The molecule has 0 unspecified atom stereocenters. The first-order chi connectivity index (χ1) is 9.16. The highest BCUT2D eigenvalue weighted by Crippen LogP contribution is 2.21. The topological polar surface area (TPSA) is 55.9 Å². The molecule has 6 heteroatoms. The maximum absolute atomic E-state index is 5.61. The maximum Gasteiger partial charge on any atom is 0.105 e. The van der Waals surface area contributed by atoms with Crippen LogP contribution in [0.3, 0.4) is 0 Å². The van der Waals surface area contributed by atoms with Crippen molar-refractivity contribution in [3.63, 3.8) is 0 Å². The number of benzene rings is 1. The molecule has 2 aromatic rings. The summed E-state index contributed by atoms with van der Waals surface area (Å²) in [5.41, 5.74) is 7.52. The number of aromatic nitrogens is 2. The zero-order valence-corrected chi connectivity index (χ0v) is 12.7. The Bertz CT molecular complexity index is 554. The number of anilines is 1. The lowest BCUT2D eigenvalue weighted by Gasteiger charge is -2.09. The molecule has 0 amide bonds. The molecule has 0 saturated heterocycles. The van der Waals surface area contributed by atoms with Crippen LogP contribution in [-0.4, -0.2) is 21.3 Å². The standard InChI is InChI=1S/C13H15BrN4S/c14-12-9-10(3-4-11(12)13(15)19)16-5-1-7-18-8-2-6-17-18/h2-4,6,8-9,16H,1,5,7H2,(H2,15,19). The molecule has 100 valence electrons. The van der Waals surface area contributed by atoms with Gasteiger partial charge in [-0.15, -0.1) is 0 Å². The number of nitrogens with two attached hydrogens (primary N) is 1. The van der Waals surface area contributed by atoms with Crippen LogP contribution < -0.4 is 11.1 Å². The summed E-state index contributed by atoms with van der Waals surface area (Å²) in [7, 11) is 0. The molecule has 0 aliphatic heterocycles. The Balaban J connectivity index is 1.83. The van der Waals surface area contributed by atoms with Crippen LogP contribution in [-0.2, 0) is 6.54 Å². The summed E-state index contributed by atoms with van der Waals surface area (Å²) in [6.45, 7) is 1.80. The van der Waals surface area contributed by atoms with Crippen molar-refractivity contribution in [1.29, 1.82) is 0 Å². The molecular weight excluding hydrogens is 324 g/mol. The van der Waals surface area contributed by atoms with Crippen molar-refractivity contribution in [3.05, 3.63) is 46.7 Å². The van der Waals surface area contributed by atoms with Gasteiger partial charge >= 0.3 is 0 Å². The summed E-state index contributed by atoms with van der Waals surface area (Å²) in [6, 6.07) is 7.82. The van der Waals surface area contributed by atoms with Gasteiger partial charge in [0.25, 0.3) is 0 Å². The zero-order valence-electron chi connectivity index (χ0n) is 10.3. The SMILES string of the molecule is NC(=S)c1ccc(NCCCn2cccn2)cc1Br. The Labute approximate surface area is 126 Å². The number of thiocarbonyl (C=S) groups is 1. The van der Waals surface area contributed by atoms with E-state index in [2.05, 4.69) is 26.3 Å². The fraction of sp³-hybridized carbons (Fsp3) is 0.231. The number of hydrogen-bond donors (Lipinski definition) is 2. The summed E-state index contributed by atoms with van der Waals surface area (Å²) in [5, 5.41) is 7.52. The molecule has 0 atom stereocenters. The Morgan fingerprint density at radius 2 is 2.32 bits per heavy atom. The molecule has 0 spiro atoms. The first kappa shape index (κ1) is 14.0. The van der Waals surface area contributed by atoms with E-state index in [-0.39, 0.29) is 0 Å². The molecule has 0 radical (unpaired) electrons. The second-order valence-corrected chi connectivity index (χ2v) is 5.40. The maximum atomic E-state index is 5.61. The van der Waals surface area contributed by atoms with Gasteiger partial charge in [-0.25, -0.2) is 0 Å². The van der Waals surface area contributed by atoms with Gasteiger partial charge in [-0.3, -0.25) is 4.68 Å². The summed E-state index contributed by atoms with van der Waals surface area (Å²) < 4.78 is 2.84. The molecule has 0 saturated carbocycles. The highest BCUT2D eigenvalue weighted by atomic mass is 79.9. The molecule has 0 fully saturated rings. The molecule has 0 aliphatic rings. The lowest BCUT2D eigenvalue weighted by Crippen LogP contribution is -2.11. The highest BCUT2D eigenvalue weighted by molar-refractivity contribution is 9.10. The molecular formula is C13H15BrN4S. The highest BCUT2D eigenvalue weighted by Gasteiger charge is 2.03. The zero-order chi connectivity index (χ0) is 13.7. The van der Waals surface area contributed by atoms with E-state index in [9.17, 15) is 0 Å². The van der Waals surface area contributed by atoms with Gasteiger partial charge in [0.15, 0.2) is 0 Å². The fourth-order valence-corrected chi connectivity index (χ4v) is 2.63. The second kappa shape index (κ2) is 6.68. The van der Waals surface area contributed by atoms with Gasteiger partial charge in [0, 0.05) is 41.2 Å². The number of aryl methyl sites for hydroxylation is 1. The minimum absolute atomic E-state index is 0.400. The van der Waals surface area contributed by atoms with E-state index in [0.717, 1.165) is 35.2 Å². The smallest absolute Gasteiger partial charge is 0.105 e. The molecule has 4 nitrogen and oxygen atoms in total. The average Bonchev–Trinajstić information content (AvgIpc) is 2.87. The van der Waals surface area contributed by atoms with Crippen LogP contribution in [0.1, 0.15) is 12.0 Å². The molecule has 0 bridgehead atoms. The van der Waals surface area contributed by atoms with Crippen LogP contribution in [0.2, 0.25) is 0 Å². The lowest BCUT2D eigenvalue weighted by atomic mass is 10.2. The third-order valence-corrected chi connectivity index (χ3v) is 3.56. The van der Waals surface area contributed by atoms with Crippen LogP contribution in [0.15, 0.2) is 41.1 Å². The van der Waals surface area contributed by atoms with E-state index in [1.807, 2.05) is 35.1 Å². The minimum Gasteiger partial charge on any atom is -0.389 e. The average molecular weight is 339 g/mol. The third kappa shape index (κ3) is 4.04. The van der Waals surface area contributed by atoms with Gasteiger partial charge in [0.1, 0.15) is 4.99 Å². The van der Waals surface area contributed by atoms with Gasteiger partial charge in [-0.1, -0.05) is 12.2 Å². The quantitative estimate of drug-likeness (QED) is 0.628. The number of rotatable bonds is 6. The van der Waals surface area contributed by atoms with E-state index in [1.165, 1.54) is 0 Å². The third-order valence-electron chi connectivity index (χ3n) is 2.69. The lowest BCUT2D eigenvalue weighted by molar-refractivity contribution is 0.592. The first-order valence-electron chi connectivity index (χ1n) is 5.97. The molecule has 0 aliphatic carbocycles. The number of hydrogen-bond acceptors (Lipinski definition) is 3. The predicted octanol–water partition coefficient (Wildman–Crippen LogP) is 2.78. The van der Waals surface area contributed by atoms with Gasteiger partial charge in [0.05, 0.1) is 0 Å². The Kier molecular flexibility index (Phi) is 4.93. The first-order valence-corrected chi connectivity index (χ1v) is 7.17. The summed E-state index contributed by atoms with van der Waals surface area (Å²) >= 11 is 8.43. The molecule has 3 N–H and O–H groups in total. The van der Waals surface area contributed by atoms with E-state index < -0.39 is 0 Å². The number of halogens is 1. The van der Waals surface area contributed by atoms with Crippen molar-refractivity contribution in [1.82, 2.24) is 9.78 Å². The molecule has 19 heavy (non-hydrogen) atoms. The number of nitrogens with zero attached hydrogens (tertiary/aromatic N) is 2. The van der Waals surface area contributed by atoms with Crippen molar-refractivity contribution < 1.29 is 0 Å². The number of nitrogens with one attached hydrogen (secondary N) is 1. The van der Waals surface area contributed by atoms with Gasteiger partial charge in [-0.05, 0) is 46.6 Å². The van der Waals surface area contributed by atoms with E-state index >= 15 is 0 Å². The van der Waals surface area contributed by atoms with Crippen molar-refractivity contribution in [2.24, 2.45) is 5.73 Å². The molecule has 2 rings (SSSR count). The molecule has 1 heterocycles. The Hall–Kier alpha value is -1.40. The van der Waals surface area contributed by atoms with Crippen LogP contribution in [0.25, 0.3) is 0 Å². The van der Waals surface area contributed by atoms with Crippen LogP contribution >= 0.6 is 28.1 Å². The fourth-order valence-electron chi connectivity index (χ4n) is 1.73. The second-order valence-electron chi connectivity index (χ2n) is 4.11. The van der Waals surface area contributed by atoms with E-state index in [0.29, 0.717) is 4.99 Å². The predicted molar refractivity (Wildman–Crippen MR) is 85.4 cm³/mol. The summed E-state index contributed by atoms with van der Waals surface area (Å²) in [6.07, 6.45) is 4.77.